The molecule has 2 N–H and O–H groups in total. The third-order valence-corrected chi connectivity index (χ3v) is 2.32. The second-order valence-corrected chi connectivity index (χ2v) is 3.80. The zero-order chi connectivity index (χ0) is 13.5. The molecule has 7 nitrogen and oxygen atoms in total. The van der Waals surface area contributed by atoms with E-state index in [0.717, 1.165) is 18.9 Å². The molecule has 0 aromatic rings. The Bertz CT molecular complexity index is 420. The number of hydrogen-bond acceptors (Lipinski definition) is 4. The lowest BCUT2D eigenvalue weighted by molar-refractivity contribution is -0.131. The molecule has 0 bridgehead atoms. The number of aliphatic carboxylic acids is 1. The molecule has 0 aromatic heterocycles. The van der Waals surface area contributed by atoms with E-state index in [2.05, 4.69) is 5.32 Å². The summed E-state index contributed by atoms with van der Waals surface area (Å²) in [7, 11) is 0. The average Bonchev–Trinajstić information content (AvgIpc) is 3.11. The summed E-state index contributed by atoms with van der Waals surface area (Å²) in [5.41, 5.74) is 0. The topological polar surface area (TPSA) is 111 Å². The number of nitrogens with one attached hydrogen (secondary N) is 1. The molecule has 0 heterocycles. The van der Waals surface area contributed by atoms with Crippen LogP contribution in [0.25, 0.3) is 0 Å². The maximum atomic E-state index is 11.7. The minimum Gasteiger partial charge on any atom is -0.478 e. The Morgan fingerprint density at radius 2 is 2.06 bits per heavy atom. The molecule has 96 valence electrons. The number of carboxylic acids is 1. The van der Waals surface area contributed by atoms with Crippen LogP contribution in [0.3, 0.4) is 0 Å². The highest BCUT2D eigenvalue weighted by molar-refractivity contribution is 6.02. The normalized spacial score (nSPS) is 13.9. The molecule has 0 aliphatic heterocycles. The zero-order valence-electron chi connectivity index (χ0n) is 9.63. The third kappa shape index (κ3) is 4.65. The van der Waals surface area contributed by atoms with E-state index in [1.54, 1.807) is 0 Å². The monoisotopic (exact) mass is 251 g/mol. The smallest absolute Gasteiger partial charge is 0.328 e. The van der Waals surface area contributed by atoms with Crippen molar-refractivity contribution in [3.05, 3.63) is 12.2 Å². The summed E-state index contributed by atoms with van der Waals surface area (Å²) in [4.78, 5) is 34.5. The number of rotatable bonds is 5. The van der Waals surface area contributed by atoms with E-state index in [4.69, 9.17) is 10.4 Å². The van der Waals surface area contributed by atoms with E-state index in [-0.39, 0.29) is 19.0 Å². The van der Waals surface area contributed by atoms with Crippen molar-refractivity contribution in [3.8, 4) is 6.07 Å². The summed E-state index contributed by atoms with van der Waals surface area (Å²) >= 11 is 0. The number of carboxylic acid groups (broad SMARTS) is 1. The van der Waals surface area contributed by atoms with Crippen molar-refractivity contribution >= 4 is 17.9 Å². The Labute approximate surface area is 104 Å². The second kappa shape index (κ2) is 6.39. The molecule has 0 saturated heterocycles. The summed E-state index contributed by atoms with van der Waals surface area (Å²) in [6.07, 6.45) is 3.34. The molecule has 1 saturated carbocycles. The second-order valence-electron chi connectivity index (χ2n) is 3.80. The minimum atomic E-state index is -1.26. The number of hydrogen-bond donors (Lipinski definition) is 2. The Hall–Kier alpha value is -2.36. The number of urea groups is 1. The van der Waals surface area contributed by atoms with Crippen molar-refractivity contribution in [2.24, 2.45) is 0 Å². The van der Waals surface area contributed by atoms with Crippen LogP contribution in [0.4, 0.5) is 4.79 Å². The molecule has 1 aliphatic carbocycles. The molecule has 0 radical (unpaired) electrons. The fraction of sp³-hybridized carbons (Fsp3) is 0.455. The van der Waals surface area contributed by atoms with Gasteiger partial charge in [0.05, 0.1) is 12.5 Å². The van der Waals surface area contributed by atoms with E-state index in [9.17, 15) is 14.4 Å². The Kier molecular flexibility index (Phi) is 4.87. The van der Waals surface area contributed by atoms with Gasteiger partial charge in [0.2, 0.25) is 0 Å². The molecule has 0 atom stereocenters. The first-order chi connectivity index (χ1) is 8.54. The van der Waals surface area contributed by atoms with Crippen LogP contribution in [0.5, 0.6) is 0 Å². The molecule has 1 fully saturated rings. The number of imide groups is 1. The highest BCUT2D eigenvalue weighted by Crippen LogP contribution is 2.26. The maximum absolute atomic E-state index is 11.7. The molecule has 0 aromatic carbocycles. The van der Waals surface area contributed by atoms with Crippen LogP contribution in [0.2, 0.25) is 0 Å². The van der Waals surface area contributed by atoms with Gasteiger partial charge in [-0.25, -0.2) is 9.59 Å². The van der Waals surface area contributed by atoms with Crippen LogP contribution in [0, 0.1) is 11.3 Å². The molecular weight excluding hydrogens is 238 g/mol. The lowest BCUT2D eigenvalue weighted by Gasteiger charge is -2.20. The van der Waals surface area contributed by atoms with Gasteiger partial charge in [-0.05, 0) is 12.8 Å². The molecule has 1 aliphatic rings. The van der Waals surface area contributed by atoms with Gasteiger partial charge in [0.25, 0.3) is 5.91 Å². The molecule has 0 unspecified atom stereocenters. The van der Waals surface area contributed by atoms with E-state index >= 15 is 0 Å². The summed E-state index contributed by atoms with van der Waals surface area (Å²) < 4.78 is 0. The van der Waals surface area contributed by atoms with Gasteiger partial charge in [0.1, 0.15) is 0 Å². The van der Waals surface area contributed by atoms with Crippen molar-refractivity contribution in [1.29, 1.82) is 5.26 Å². The van der Waals surface area contributed by atoms with Crippen LogP contribution in [0.15, 0.2) is 12.2 Å². The number of carbonyl (C=O) groups excluding carboxylic acids is 2. The Morgan fingerprint density at radius 1 is 1.39 bits per heavy atom. The Morgan fingerprint density at radius 3 is 2.56 bits per heavy atom. The summed E-state index contributed by atoms with van der Waals surface area (Å²) in [6, 6.07) is 1.42. The molecule has 7 heteroatoms. The van der Waals surface area contributed by atoms with Crippen molar-refractivity contribution < 1.29 is 19.5 Å². The Balaban J connectivity index is 2.48. The molecule has 0 spiro atoms. The predicted octanol–water partition coefficient (Wildman–Crippen LogP) is 0.241. The first-order valence-corrected chi connectivity index (χ1v) is 5.44. The largest absolute Gasteiger partial charge is 0.478 e. The highest BCUT2D eigenvalue weighted by atomic mass is 16.4. The lowest BCUT2D eigenvalue weighted by Crippen LogP contribution is -2.44. The van der Waals surface area contributed by atoms with Gasteiger partial charge >= 0.3 is 12.0 Å². The van der Waals surface area contributed by atoms with Gasteiger partial charge in [0, 0.05) is 24.7 Å². The average molecular weight is 251 g/mol. The van der Waals surface area contributed by atoms with Crippen LogP contribution in [-0.2, 0) is 9.59 Å². The van der Waals surface area contributed by atoms with E-state index < -0.39 is 17.9 Å². The maximum Gasteiger partial charge on any atom is 0.328 e. The van der Waals surface area contributed by atoms with Crippen LogP contribution in [0.1, 0.15) is 19.3 Å². The fourth-order valence-electron chi connectivity index (χ4n) is 1.37. The van der Waals surface area contributed by atoms with E-state index in [0.29, 0.717) is 6.08 Å². The lowest BCUT2D eigenvalue weighted by atomic mass is 10.4. The van der Waals surface area contributed by atoms with Crippen LogP contribution >= 0.6 is 0 Å². The van der Waals surface area contributed by atoms with Crippen molar-refractivity contribution in [2.45, 2.75) is 25.3 Å². The molecule has 18 heavy (non-hydrogen) atoms. The first kappa shape index (κ1) is 13.7. The van der Waals surface area contributed by atoms with E-state index in [1.165, 1.54) is 4.90 Å². The summed E-state index contributed by atoms with van der Waals surface area (Å²) in [5.74, 6) is -2.05. The van der Waals surface area contributed by atoms with Gasteiger partial charge in [-0.15, -0.1) is 0 Å². The molecule has 3 amide bonds. The van der Waals surface area contributed by atoms with Gasteiger partial charge in [-0.2, -0.15) is 5.26 Å². The number of amides is 3. The molecule has 1 rings (SSSR count). The third-order valence-electron chi connectivity index (χ3n) is 2.32. The van der Waals surface area contributed by atoms with Gasteiger partial charge in [-0.1, -0.05) is 0 Å². The van der Waals surface area contributed by atoms with Crippen LogP contribution < -0.4 is 5.32 Å². The van der Waals surface area contributed by atoms with Crippen molar-refractivity contribution in [3.63, 3.8) is 0 Å². The number of nitrogens with zero attached hydrogens (tertiary/aromatic N) is 2. The number of carbonyl (C=O) groups is 3. The summed E-state index contributed by atoms with van der Waals surface area (Å²) in [6.45, 7) is 0.267. The first-order valence-electron chi connectivity index (χ1n) is 5.44. The van der Waals surface area contributed by atoms with Crippen molar-refractivity contribution in [1.82, 2.24) is 10.2 Å². The van der Waals surface area contributed by atoms with Crippen LogP contribution in [-0.4, -0.2) is 40.5 Å². The summed E-state index contributed by atoms with van der Waals surface area (Å²) in [5, 5.41) is 18.9. The SMILES string of the molecule is N#CCCN(C(=O)NC(=O)C=CC(=O)O)C1CC1. The van der Waals surface area contributed by atoms with Crippen molar-refractivity contribution in [2.75, 3.05) is 6.54 Å². The van der Waals surface area contributed by atoms with Gasteiger partial charge < -0.3 is 10.0 Å². The predicted molar refractivity (Wildman–Crippen MR) is 60.3 cm³/mol. The number of nitriles is 1. The standard InChI is InChI=1S/C11H13N3O4/c12-6-1-7-14(8-2-3-8)11(18)13-9(15)4-5-10(16)17/h4-5,8H,1-3,7H2,(H,16,17)(H,13,15,18). The fourth-order valence-corrected chi connectivity index (χ4v) is 1.37. The van der Waals surface area contributed by atoms with E-state index in [1.807, 2.05) is 6.07 Å². The highest BCUT2D eigenvalue weighted by Gasteiger charge is 2.32. The van der Waals surface area contributed by atoms with Gasteiger partial charge in [-0.3, -0.25) is 10.1 Å². The quantitative estimate of drug-likeness (QED) is 0.680. The zero-order valence-corrected chi connectivity index (χ0v) is 9.63. The minimum absolute atomic E-state index is 0.0783. The van der Waals surface area contributed by atoms with Gasteiger partial charge in [0.15, 0.2) is 0 Å². The molecular formula is C11H13N3O4.